The van der Waals surface area contributed by atoms with E-state index in [4.69, 9.17) is 9.15 Å². The Hall–Kier alpha value is -4.33. The molecule has 2 aromatic heterocycles. The molecule has 1 amide bonds. The van der Waals surface area contributed by atoms with E-state index in [0.717, 1.165) is 5.39 Å². The van der Waals surface area contributed by atoms with Gasteiger partial charge in [0.25, 0.3) is 5.91 Å². The van der Waals surface area contributed by atoms with Gasteiger partial charge in [-0.2, -0.15) is 0 Å². The minimum absolute atomic E-state index is 0.0112. The summed E-state index contributed by atoms with van der Waals surface area (Å²) in [6.07, 6.45) is 6.17. The molecule has 0 aliphatic carbocycles. The Labute approximate surface area is 195 Å². The van der Waals surface area contributed by atoms with Crippen molar-refractivity contribution in [3.05, 3.63) is 96.0 Å². The largest absolute Gasteiger partial charge is 0.503 e. The molecule has 2 N–H and O–H groups in total. The van der Waals surface area contributed by atoms with E-state index in [0.29, 0.717) is 36.4 Å². The number of nitrogens with one attached hydrogen (secondary N) is 1. The fourth-order valence-electron chi connectivity index (χ4n) is 4.44. The van der Waals surface area contributed by atoms with E-state index in [9.17, 15) is 14.7 Å². The molecule has 0 fully saturated rings. The van der Waals surface area contributed by atoms with Crippen LogP contribution in [0.3, 0.4) is 0 Å². The van der Waals surface area contributed by atoms with Crippen LogP contribution in [0.2, 0.25) is 0 Å². The number of aryl methyl sites for hydroxylation is 1. The molecule has 4 aromatic rings. The third-order valence-electron chi connectivity index (χ3n) is 6.05. The fraction of sp³-hybridized carbons (Fsp3) is 0.192. The second-order valence-corrected chi connectivity index (χ2v) is 8.09. The number of ketones is 1. The van der Waals surface area contributed by atoms with Gasteiger partial charge in [0.2, 0.25) is 12.1 Å². The van der Waals surface area contributed by atoms with Crippen LogP contribution in [0, 0.1) is 0 Å². The van der Waals surface area contributed by atoms with E-state index in [2.05, 4.69) is 4.98 Å². The Morgan fingerprint density at radius 1 is 1.21 bits per heavy atom. The average molecular weight is 458 g/mol. The van der Waals surface area contributed by atoms with Gasteiger partial charge in [0.15, 0.2) is 11.5 Å². The lowest BCUT2D eigenvalue weighted by Crippen LogP contribution is -2.36. The maximum atomic E-state index is 13.6. The Morgan fingerprint density at radius 3 is 2.76 bits per heavy atom. The number of fused-ring (bicyclic) bond motifs is 1. The number of amides is 1. The van der Waals surface area contributed by atoms with Crippen LogP contribution in [-0.4, -0.2) is 40.3 Å². The number of Topliss-reactive ketones (excluding diaryl/α,β-unsaturated/α-hetero) is 1. The second-order valence-electron chi connectivity index (χ2n) is 8.09. The number of rotatable bonds is 8. The molecule has 5 rings (SSSR count). The summed E-state index contributed by atoms with van der Waals surface area (Å²) in [6.45, 7) is 1.00. The van der Waals surface area contributed by atoms with Crippen LogP contribution in [0.5, 0.6) is 5.75 Å². The Kier molecular flexibility index (Phi) is 5.63. The monoisotopic (exact) mass is 458 g/mol. The van der Waals surface area contributed by atoms with Crippen molar-refractivity contribution in [2.45, 2.75) is 19.0 Å². The number of imidazole rings is 1. The maximum absolute atomic E-state index is 13.6. The minimum atomic E-state index is -0.805. The summed E-state index contributed by atoms with van der Waals surface area (Å²) < 4.78 is 13.3. The molecule has 0 spiro atoms. The van der Waals surface area contributed by atoms with Crippen LogP contribution in [0.4, 0.5) is 0 Å². The van der Waals surface area contributed by atoms with E-state index in [-0.39, 0.29) is 11.3 Å². The third kappa shape index (κ3) is 3.73. The number of methoxy groups -OCH3 is 1. The van der Waals surface area contributed by atoms with E-state index >= 15 is 0 Å². The lowest BCUT2D eigenvalue weighted by Gasteiger charge is -2.27. The molecule has 0 saturated heterocycles. The van der Waals surface area contributed by atoms with Gasteiger partial charge in [0.1, 0.15) is 23.7 Å². The zero-order valence-corrected chi connectivity index (χ0v) is 18.6. The number of ether oxygens (including phenoxy) is 1. The molecule has 8 heteroatoms. The van der Waals surface area contributed by atoms with E-state index in [1.807, 2.05) is 53.6 Å². The van der Waals surface area contributed by atoms with Crippen molar-refractivity contribution in [2.75, 3.05) is 13.7 Å². The summed E-state index contributed by atoms with van der Waals surface area (Å²) in [5.74, 6) is -1.08. The molecule has 1 aliphatic rings. The quantitative estimate of drug-likeness (QED) is 0.310. The number of aliphatic hydroxyl groups excluding tert-OH is 1. The van der Waals surface area contributed by atoms with Crippen molar-refractivity contribution in [2.24, 2.45) is 0 Å². The average Bonchev–Trinajstić information content (AvgIpc) is 3.59. The predicted octanol–water partition coefficient (Wildman–Crippen LogP) is 3.73. The van der Waals surface area contributed by atoms with Crippen LogP contribution >= 0.6 is 0 Å². The van der Waals surface area contributed by atoms with Gasteiger partial charge in [-0.1, -0.05) is 36.4 Å². The summed E-state index contributed by atoms with van der Waals surface area (Å²) in [6, 6.07) is 15.3. The van der Waals surface area contributed by atoms with Crippen molar-refractivity contribution in [3.63, 3.8) is 0 Å². The first-order valence-corrected chi connectivity index (χ1v) is 11.0. The molecule has 34 heavy (non-hydrogen) atoms. The number of para-hydroxylation sites is 2. The molecule has 1 atom stereocenters. The van der Waals surface area contributed by atoms with E-state index < -0.39 is 23.5 Å². The van der Waals surface area contributed by atoms with Gasteiger partial charge in [-0.3, -0.25) is 14.6 Å². The number of nitrogens with zero attached hydrogens (tertiary/aromatic N) is 2. The van der Waals surface area contributed by atoms with Gasteiger partial charge in [-0.05, 0) is 18.2 Å². The van der Waals surface area contributed by atoms with Gasteiger partial charge >= 0.3 is 0 Å². The van der Waals surface area contributed by atoms with Crippen molar-refractivity contribution in [3.8, 4) is 5.75 Å². The molecule has 0 saturated carbocycles. The molecule has 0 bridgehead atoms. The summed E-state index contributed by atoms with van der Waals surface area (Å²) in [4.78, 5) is 31.3. The summed E-state index contributed by atoms with van der Waals surface area (Å²) in [5.41, 5.74) is 1.17. The number of hydrogen-bond acceptors (Lipinski definition) is 5. The number of aromatic amines is 1. The van der Waals surface area contributed by atoms with Crippen LogP contribution < -0.4 is 9.30 Å². The number of hydrogen-bond donors (Lipinski definition) is 2. The highest BCUT2D eigenvalue weighted by Gasteiger charge is 2.45. The Bertz CT molecular complexity index is 1350. The first kappa shape index (κ1) is 21.5. The first-order valence-electron chi connectivity index (χ1n) is 11.0. The molecule has 1 aliphatic heterocycles. The molecular weight excluding hydrogens is 434 g/mol. The smallest absolute Gasteiger partial charge is 0.290 e. The number of H-pyrrole nitrogens is 1. The van der Waals surface area contributed by atoms with Gasteiger partial charge < -0.3 is 19.2 Å². The predicted molar refractivity (Wildman–Crippen MR) is 123 cm³/mol. The highest BCUT2D eigenvalue weighted by atomic mass is 16.5. The zero-order chi connectivity index (χ0) is 23.7. The second kappa shape index (κ2) is 8.90. The lowest BCUT2D eigenvalue weighted by atomic mass is 9.94. The van der Waals surface area contributed by atoms with Gasteiger partial charge in [0, 0.05) is 23.9 Å². The number of aromatic nitrogens is 2. The number of benzene rings is 2. The standard InChI is InChI=1S/C26H23N3O5/c1-33-20-10-5-3-8-18(20)23-22(24(30)21-15-17-7-2-4-9-19(17)34-21)25(31)26(32)29(23)13-6-12-28-14-11-27-16-28/h2-5,7-11,14-16,23H,6,12-13H2,1H3,(H,30,31)/p+1. The van der Waals surface area contributed by atoms with Crippen molar-refractivity contribution in [1.82, 2.24) is 9.88 Å². The first-order chi connectivity index (χ1) is 16.6. The van der Waals surface area contributed by atoms with Crippen LogP contribution in [0.1, 0.15) is 28.6 Å². The summed E-state index contributed by atoms with van der Waals surface area (Å²) in [5, 5.41) is 11.7. The summed E-state index contributed by atoms with van der Waals surface area (Å²) in [7, 11) is 1.53. The highest BCUT2D eigenvalue weighted by Crippen LogP contribution is 2.42. The van der Waals surface area contributed by atoms with Gasteiger partial charge in [0.05, 0.1) is 25.3 Å². The number of furan rings is 1. The number of carbonyl (C=O) groups excluding carboxylic acids is 2. The molecule has 3 heterocycles. The van der Waals surface area contributed by atoms with Crippen molar-refractivity contribution >= 4 is 22.7 Å². The molecule has 172 valence electrons. The summed E-state index contributed by atoms with van der Waals surface area (Å²) >= 11 is 0. The topological polar surface area (TPSA) is 99.7 Å². The van der Waals surface area contributed by atoms with Crippen molar-refractivity contribution < 1.29 is 28.4 Å². The third-order valence-corrected chi connectivity index (χ3v) is 6.05. The van der Waals surface area contributed by atoms with Crippen LogP contribution in [0.25, 0.3) is 11.0 Å². The fourth-order valence-corrected chi connectivity index (χ4v) is 4.44. The molecule has 2 aromatic carbocycles. The van der Waals surface area contributed by atoms with Gasteiger partial charge in [-0.25, -0.2) is 4.57 Å². The molecule has 1 unspecified atom stereocenters. The number of carbonyl (C=O) groups is 2. The Morgan fingerprint density at radius 2 is 2.00 bits per heavy atom. The highest BCUT2D eigenvalue weighted by molar-refractivity contribution is 6.16. The van der Waals surface area contributed by atoms with Crippen LogP contribution in [-0.2, 0) is 11.3 Å². The van der Waals surface area contributed by atoms with E-state index in [1.54, 1.807) is 24.3 Å². The molecule has 0 radical (unpaired) electrons. The zero-order valence-electron chi connectivity index (χ0n) is 18.6. The number of aliphatic hydroxyl groups is 1. The maximum Gasteiger partial charge on any atom is 0.290 e. The minimum Gasteiger partial charge on any atom is -0.503 e. The lowest BCUT2D eigenvalue weighted by molar-refractivity contribution is -0.695. The van der Waals surface area contributed by atoms with Gasteiger partial charge in [-0.15, -0.1) is 0 Å². The molecular formula is C26H24N3O5+. The SMILES string of the molecule is COc1ccccc1C1C(C(=O)c2cc3ccccc3o2)=C(O)C(=O)N1CCC[n+]1cc[nH]c1. The van der Waals surface area contributed by atoms with Crippen LogP contribution in [0.15, 0.2) is 89.1 Å². The Balaban J connectivity index is 1.53. The van der Waals surface area contributed by atoms with E-state index in [1.165, 1.54) is 12.0 Å². The van der Waals surface area contributed by atoms with Crippen molar-refractivity contribution in [1.29, 1.82) is 0 Å². The molecule has 8 nitrogen and oxygen atoms in total. The normalized spacial score (nSPS) is 16.0.